The molecule has 0 saturated heterocycles. The molecule has 0 radical (unpaired) electrons. The van der Waals surface area contributed by atoms with Gasteiger partial charge in [-0.25, -0.2) is 4.79 Å². The van der Waals surface area contributed by atoms with E-state index in [1.165, 1.54) is 6.07 Å². The summed E-state index contributed by atoms with van der Waals surface area (Å²) in [6.45, 7) is 4.48. The molecule has 0 aliphatic rings. The number of aromatic nitrogens is 1. The number of aromatic carboxylic acids is 1. The minimum Gasteiger partial charge on any atom is -0.478 e. The van der Waals surface area contributed by atoms with Gasteiger partial charge in [0.15, 0.2) is 0 Å². The molecule has 2 aromatic rings. The average molecular weight is 245 g/mol. The zero-order chi connectivity index (χ0) is 13.3. The molecule has 1 N–H and O–H groups in total. The van der Waals surface area contributed by atoms with Gasteiger partial charge in [-0.2, -0.15) is 0 Å². The third-order valence-electron chi connectivity index (χ3n) is 2.97. The van der Waals surface area contributed by atoms with E-state index in [1.54, 1.807) is 22.8 Å². The van der Waals surface area contributed by atoms with Crippen LogP contribution in [0.5, 0.6) is 0 Å². The number of hydrogen-bond donors (Lipinski definition) is 1. The summed E-state index contributed by atoms with van der Waals surface area (Å²) in [5.74, 6) is -0.951. The summed E-state index contributed by atoms with van der Waals surface area (Å²) < 4.78 is 1.70. The molecule has 0 amide bonds. The third kappa shape index (κ3) is 2.01. The molecule has 4 heteroatoms. The number of carbonyl (C=O) groups is 1. The van der Waals surface area contributed by atoms with Gasteiger partial charge in [-0.05, 0) is 42.5 Å². The topological polar surface area (TPSA) is 59.3 Å². The maximum absolute atomic E-state index is 11.8. The van der Waals surface area contributed by atoms with Gasteiger partial charge in [0.25, 0.3) is 5.56 Å². The zero-order valence-electron chi connectivity index (χ0n) is 10.4. The zero-order valence-corrected chi connectivity index (χ0v) is 10.4. The Morgan fingerprint density at radius 2 is 2.06 bits per heavy atom. The Labute approximate surface area is 104 Å². The third-order valence-corrected chi connectivity index (χ3v) is 2.97. The minimum absolute atomic E-state index is 0.0458. The van der Waals surface area contributed by atoms with Crippen molar-refractivity contribution < 1.29 is 9.90 Å². The van der Waals surface area contributed by atoms with Crippen molar-refractivity contribution in [3.63, 3.8) is 0 Å². The Morgan fingerprint density at radius 3 is 2.67 bits per heavy atom. The molecule has 2 rings (SSSR count). The van der Waals surface area contributed by atoms with Crippen LogP contribution in [0.1, 0.15) is 29.3 Å². The average Bonchev–Trinajstić information content (AvgIpc) is 2.32. The predicted octanol–water partition coefficient (Wildman–Crippen LogP) is 2.42. The molecule has 0 bridgehead atoms. The number of rotatable bonds is 3. The Kier molecular flexibility index (Phi) is 3.19. The van der Waals surface area contributed by atoms with Gasteiger partial charge in [0.2, 0.25) is 0 Å². The van der Waals surface area contributed by atoms with Crippen LogP contribution in [0, 0.1) is 6.92 Å². The second-order valence-electron chi connectivity index (χ2n) is 4.36. The van der Waals surface area contributed by atoms with Crippen LogP contribution in [0.15, 0.2) is 29.1 Å². The first kappa shape index (κ1) is 12.4. The molecule has 94 valence electrons. The summed E-state index contributed by atoms with van der Waals surface area (Å²) in [6, 6.07) is 6.39. The molecule has 0 saturated carbocycles. The van der Waals surface area contributed by atoms with Crippen molar-refractivity contribution in [2.45, 2.75) is 26.8 Å². The number of carboxylic acids is 1. The van der Waals surface area contributed by atoms with E-state index in [1.807, 2.05) is 13.8 Å². The summed E-state index contributed by atoms with van der Waals surface area (Å²) in [5.41, 5.74) is 1.85. The number of nitrogens with zero attached hydrogens (tertiary/aromatic N) is 1. The second-order valence-corrected chi connectivity index (χ2v) is 4.36. The highest BCUT2D eigenvalue weighted by Crippen LogP contribution is 2.19. The van der Waals surface area contributed by atoms with Crippen molar-refractivity contribution in [3.05, 3.63) is 45.7 Å². The molecule has 0 unspecified atom stereocenters. The van der Waals surface area contributed by atoms with Crippen LogP contribution in [0.3, 0.4) is 0 Å². The highest BCUT2D eigenvalue weighted by atomic mass is 16.4. The van der Waals surface area contributed by atoms with Crippen LogP contribution in [-0.2, 0) is 6.54 Å². The first-order valence-electron chi connectivity index (χ1n) is 5.92. The molecule has 0 atom stereocenters. The summed E-state index contributed by atoms with van der Waals surface area (Å²) in [7, 11) is 0. The number of benzene rings is 1. The van der Waals surface area contributed by atoms with E-state index >= 15 is 0 Å². The van der Waals surface area contributed by atoms with Crippen molar-refractivity contribution in [2.75, 3.05) is 0 Å². The van der Waals surface area contributed by atoms with E-state index in [0.29, 0.717) is 6.54 Å². The summed E-state index contributed by atoms with van der Waals surface area (Å²) in [5, 5.41) is 9.82. The van der Waals surface area contributed by atoms with E-state index in [4.69, 9.17) is 5.11 Å². The predicted molar refractivity (Wildman–Crippen MR) is 70.2 cm³/mol. The monoisotopic (exact) mass is 245 g/mol. The molecule has 0 spiro atoms. The fourth-order valence-corrected chi connectivity index (χ4v) is 2.23. The molecular formula is C14H15NO3. The number of carboxylic acid groups (broad SMARTS) is 1. The lowest BCUT2D eigenvalue weighted by Gasteiger charge is -2.12. The van der Waals surface area contributed by atoms with Gasteiger partial charge in [0, 0.05) is 12.6 Å². The number of hydrogen-bond acceptors (Lipinski definition) is 2. The molecule has 18 heavy (non-hydrogen) atoms. The smallest absolute Gasteiger partial charge is 0.335 e. The first-order valence-corrected chi connectivity index (χ1v) is 5.92. The highest BCUT2D eigenvalue weighted by Gasteiger charge is 2.10. The highest BCUT2D eigenvalue weighted by molar-refractivity contribution is 5.94. The van der Waals surface area contributed by atoms with Crippen molar-refractivity contribution in [1.29, 1.82) is 0 Å². The largest absolute Gasteiger partial charge is 0.478 e. The fourth-order valence-electron chi connectivity index (χ4n) is 2.23. The molecule has 0 fully saturated rings. The molecule has 1 aromatic carbocycles. The lowest BCUT2D eigenvalue weighted by Crippen LogP contribution is -2.20. The summed E-state index contributed by atoms with van der Waals surface area (Å²) >= 11 is 0. The minimum atomic E-state index is -0.951. The molecule has 0 aliphatic carbocycles. The molecular weight excluding hydrogens is 230 g/mol. The van der Waals surface area contributed by atoms with Gasteiger partial charge >= 0.3 is 5.97 Å². The van der Waals surface area contributed by atoms with Crippen LogP contribution >= 0.6 is 0 Å². The maximum Gasteiger partial charge on any atom is 0.335 e. The van der Waals surface area contributed by atoms with Crippen LogP contribution in [-0.4, -0.2) is 15.6 Å². The Bertz CT molecular complexity index is 671. The van der Waals surface area contributed by atoms with Crippen molar-refractivity contribution in [3.8, 4) is 0 Å². The number of pyridine rings is 1. The molecule has 4 nitrogen and oxygen atoms in total. The molecule has 0 aliphatic heterocycles. The summed E-state index contributed by atoms with van der Waals surface area (Å²) in [4.78, 5) is 22.8. The number of fused-ring (bicyclic) bond motifs is 1. The van der Waals surface area contributed by atoms with Gasteiger partial charge in [0.05, 0.1) is 11.1 Å². The Balaban J connectivity index is 2.82. The Hall–Kier alpha value is -2.10. The quantitative estimate of drug-likeness (QED) is 0.903. The molecule has 1 aromatic heterocycles. The van der Waals surface area contributed by atoms with E-state index in [0.717, 1.165) is 22.9 Å². The van der Waals surface area contributed by atoms with Crippen LogP contribution < -0.4 is 5.56 Å². The van der Waals surface area contributed by atoms with Crippen molar-refractivity contribution >= 4 is 16.9 Å². The second kappa shape index (κ2) is 4.64. The fraction of sp³-hybridized carbons (Fsp3) is 0.286. The van der Waals surface area contributed by atoms with Crippen LogP contribution in [0.4, 0.5) is 0 Å². The maximum atomic E-state index is 11.8. The van der Waals surface area contributed by atoms with Crippen LogP contribution in [0.2, 0.25) is 0 Å². The Morgan fingerprint density at radius 1 is 1.33 bits per heavy atom. The van der Waals surface area contributed by atoms with Gasteiger partial charge in [-0.1, -0.05) is 6.92 Å². The summed E-state index contributed by atoms with van der Waals surface area (Å²) in [6.07, 6.45) is 0.860. The van der Waals surface area contributed by atoms with E-state index < -0.39 is 5.97 Å². The SMILES string of the molecule is CCCn1c(=O)ccc2cc(C(=O)O)cc(C)c21. The van der Waals surface area contributed by atoms with Gasteiger partial charge < -0.3 is 9.67 Å². The van der Waals surface area contributed by atoms with Gasteiger partial charge in [0.1, 0.15) is 0 Å². The van der Waals surface area contributed by atoms with Gasteiger partial charge in [-0.3, -0.25) is 4.79 Å². The lowest BCUT2D eigenvalue weighted by atomic mass is 10.1. The first-order chi connectivity index (χ1) is 8.54. The van der Waals surface area contributed by atoms with E-state index in [-0.39, 0.29) is 11.1 Å². The standard InChI is InChI=1S/C14H15NO3/c1-3-6-15-12(16)5-4-10-8-11(14(17)18)7-9(2)13(10)15/h4-5,7-8H,3,6H2,1-2H3,(H,17,18). The van der Waals surface area contributed by atoms with Crippen LogP contribution in [0.25, 0.3) is 10.9 Å². The van der Waals surface area contributed by atoms with Gasteiger partial charge in [-0.15, -0.1) is 0 Å². The lowest BCUT2D eigenvalue weighted by molar-refractivity contribution is 0.0697. The number of aryl methyl sites for hydroxylation is 2. The molecule has 1 heterocycles. The van der Waals surface area contributed by atoms with E-state index in [9.17, 15) is 9.59 Å². The van der Waals surface area contributed by atoms with Crippen molar-refractivity contribution in [1.82, 2.24) is 4.57 Å². The normalized spacial score (nSPS) is 10.8. The van der Waals surface area contributed by atoms with E-state index in [2.05, 4.69) is 0 Å². The van der Waals surface area contributed by atoms with Crippen molar-refractivity contribution in [2.24, 2.45) is 0 Å².